The molecule has 0 fully saturated rings. The fourth-order valence-electron chi connectivity index (χ4n) is 2.06. The van der Waals surface area contributed by atoms with Gasteiger partial charge in [-0.15, -0.1) is 0 Å². The lowest BCUT2D eigenvalue weighted by Gasteiger charge is -2.15. The summed E-state index contributed by atoms with van der Waals surface area (Å²) >= 11 is 3.30. The van der Waals surface area contributed by atoms with Crippen LogP contribution in [0.25, 0.3) is 0 Å². The third-order valence-electron chi connectivity index (χ3n) is 3.16. The number of hydrogen-bond acceptors (Lipinski definition) is 2. The molecule has 20 heavy (non-hydrogen) atoms. The minimum atomic E-state index is -0.376. The number of nitrogens with one attached hydrogen (secondary N) is 1. The van der Waals surface area contributed by atoms with E-state index in [1.54, 1.807) is 12.1 Å². The summed E-state index contributed by atoms with van der Waals surface area (Å²) in [7, 11) is 1.94. The van der Waals surface area contributed by atoms with Crippen LogP contribution in [0.3, 0.4) is 0 Å². The van der Waals surface area contributed by atoms with Crippen molar-refractivity contribution in [2.75, 3.05) is 7.05 Å². The molecule has 2 rings (SSSR count). The van der Waals surface area contributed by atoms with Crippen molar-refractivity contribution in [3.8, 4) is 11.5 Å². The second-order valence-corrected chi connectivity index (χ2v) is 5.41. The molecule has 0 heterocycles. The van der Waals surface area contributed by atoms with Crippen LogP contribution in [0.2, 0.25) is 0 Å². The lowest BCUT2D eigenvalue weighted by molar-refractivity contribution is 0.441. The van der Waals surface area contributed by atoms with Gasteiger partial charge in [0.1, 0.15) is 5.75 Å². The molecule has 0 aliphatic carbocycles. The third kappa shape index (κ3) is 3.58. The van der Waals surface area contributed by atoms with E-state index in [-0.39, 0.29) is 11.6 Å². The summed E-state index contributed by atoms with van der Waals surface area (Å²) in [4.78, 5) is 0. The molecule has 0 radical (unpaired) electrons. The Morgan fingerprint density at radius 3 is 2.50 bits per heavy atom. The molecule has 2 aromatic rings. The van der Waals surface area contributed by atoms with Gasteiger partial charge in [-0.25, -0.2) is 4.39 Å². The van der Waals surface area contributed by atoms with Gasteiger partial charge in [0.05, 0.1) is 0 Å². The summed E-state index contributed by atoms with van der Waals surface area (Å²) in [6, 6.07) is 12.7. The van der Waals surface area contributed by atoms with E-state index in [0.717, 1.165) is 10.9 Å². The summed E-state index contributed by atoms with van der Waals surface area (Å²) in [5, 5.41) is 3.25. The normalized spacial score (nSPS) is 12.2. The molecule has 0 aromatic heterocycles. The Kier molecular flexibility index (Phi) is 5.15. The highest BCUT2D eigenvalue weighted by molar-refractivity contribution is 9.10. The van der Waals surface area contributed by atoms with Gasteiger partial charge in [0.2, 0.25) is 0 Å². The van der Waals surface area contributed by atoms with Crippen molar-refractivity contribution in [3.63, 3.8) is 0 Å². The van der Waals surface area contributed by atoms with Crippen LogP contribution < -0.4 is 10.1 Å². The molecule has 1 unspecified atom stereocenters. The van der Waals surface area contributed by atoms with Gasteiger partial charge in [-0.05, 0) is 49.4 Å². The predicted octanol–water partition coefficient (Wildman–Crippen LogP) is 5.05. The fraction of sp³-hybridized carbons (Fsp3) is 0.250. The van der Waals surface area contributed by atoms with E-state index in [0.29, 0.717) is 11.8 Å². The SMILES string of the molecule is CCC(NC)c1ccc(Oc2cc(Br)ccc2F)cc1. The minimum absolute atomic E-state index is 0.216. The Labute approximate surface area is 127 Å². The van der Waals surface area contributed by atoms with Crippen LogP contribution in [0, 0.1) is 5.82 Å². The Bertz CT molecular complexity index is 567. The molecule has 0 bridgehead atoms. The van der Waals surface area contributed by atoms with Crippen molar-refractivity contribution in [2.24, 2.45) is 0 Å². The van der Waals surface area contributed by atoms with Gasteiger partial charge >= 0.3 is 0 Å². The van der Waals surface area contributed by atoms with Gasteiger partial charge in [0.15, 0.2) is 11.6 Å². The minimum Gasteiger partial charge on any atom is -0.454 e. The van der Waals surface area contributed by atoms with Crippen LogP contribution in [0.4, 0.5) is 4.39 Å². The number of hydrogen-bond donors (Lipinski definition) is 1. The maximum absolute atomic E-state index is 13.6. The second kappa shape index (κ2) is 6.86. The highest BCUT2D eigenvalue weighted by atomic mass is 79.9. The van der Waals surface area contributed by atoms with Crippen LogP contribution >= 0.6 is 15.9 Å². The average molecular weight is 338 g/mol. The first-order chi connectivity index (χ1) is 9.63. The van der Waals surface area contributed by atoms with E-state index in [4.69, 9.17) is 4.74 Å². The Morgan fingerprint density at radius 1 is 1.20 bits per heavy atom. The number of halogens is 2. The van der Waals surface area contributed by atoms with E-state index in [1.807, 2.05) is 31.3 Å². The molecule has 0 amide bonds. The molecule has 1 atom stereocenters. The molecule has 1 N–H and O–H groups in total. The highest BCUT2D eigenvalue weighted by Crippen LogP contribution is 2.28. The van der Waals surface area contributed by atoms with Crippen LogP contribution in [0.15, 0.2) is 46.9 Å². The van der Waals surface area contributed by atoms with Gasteiger partial charge in [0, 0.05) is 10.5 Å². The molecular weight excluding hydrogens is 321 g/mol. The zero-order valence-corrected chi connectivity index (χ0v) is 13.1. The third-order valence-corrected chi connectivity index (χ3v) is 3.65. The molecular formula is C16H17BrFNO. The summed E-state index contributed by atoms with van der Waals surface area (Å²) < 4.78 is 20.0. The molecule has 0 saturated carbocycles. The zero-order valence-electron chi connectivity index (χ0n) is 11.5. The maximum atomic E-state index is 13.6. The van der Waals surface area contributed by atoms with E-state index in [9.17, 15) is 4.39 Å². The van der Waals surface area contributed by atoms with Crippen LogP contribution in [0.1, 0.15) is 24.9 Å². The van der Waals surface area contributed by atoms with Crippen molar-refractivity contribution in [1.82, 2.24) is 5.32 Å². The predicted molar refractivity (Wildman–Crippen MR) is 82.7 cm³/mol. The lowest BCUT2D eigenvalue weighted by atomic mass is 10.0. The van der Waals surface area contributed by atoms with Crippen LogP contribution in [-0.2, 0) is 0 Å². The fourth-order valence-corrected chi connectivity index (χ4v) is 2.40. The maximum Gasteiger partial charge on any atom is 0.165 e. The van der Waals surface area contributed by atoms with Crippen molar-refractivity contribution in [3.05, 3.63) is 58.3 Å². The largest absolute Gasteiger partial charge is 0.454 e. The first kappa shape index (κ1) is 15.0. The second-order valence-electron chi connectivity index (χ2n) is 4.50. The van der Waals surface area contributed by atoms with E-state index >= 15 is 0 Å². The molecule has 4 heteroatoms. The molecule has 106 valence electrons. The van der Waals surface area contributed by atoms with Gasteiger partial charge in [0.25, 0.3) is 0 Å². The molecule has 2 aromatic carbocycles. The van der Waals surface area contributed by atoms with E-state index in [1.165, 1.54) is 11.6 Å². The van der Waals surface area contributed by atoms with Crippen molar-refractivity contribution >= 4 is 15.9 Å². The van der Waals surface area contributed by atoms with Gasteiger partial charge in [-0.3, -0.25) is 0 Å². The monoisotopic (exact) mass is 337 g/mol. The van der Waals surface area contributed by atoms with Gasteiger partial charge < -0.3 is 10.1 Å². The van der Waals surface area contributed by atoms with E-state index in [2.05, 4.69) is 28.2 Å². The van der Waals surface area contributed by atoms with Crippen molar-refractivity contribution < 1.29 is 9.13 Å². The molecule has 0 spiro atoms. The standard InChI is InChI=1S/C16H17BrFNO/c1-3-15(19-2)11-4-7-13(8-5-11)20-16-10-12(17)6-9-14(16)18/h4-10,15,19H,3H2,1-2H3. The van der Waals surface area contributed by atoms with Gasteiger partial charge in [-0.2, -0.15) is 0 Å². The molecule has 2 nitrogen and oxygen atoms in total. The number of ether oxygens (including phenoxy) is 1. The lowest BCUT2D eigenvalue weighted by Crippen LogP contribution is -2.14. The first-order valence-corrected chi connectivity index (χ1v) is 7.33. The first-order valence-electron chi connectivity index (χ1n) is 6.54. The summed E-state index contributed by atoms with van der Waals surface area (Å²) in [5.74, 6) is 0.462. The summed E-state index contributed by atoms with van der Waals surface area (Å²) in [6.07, 6.45) is 1.01. The quantitative estimate of drug-likeness (QED) is 0.824. The molecule has 0 aliphatic heterocycles. The van der Waals surface area contributed by atoms with Crippen LogP contribution in [0.5, 0.6) is 11.5 Å². The average Bonchev–Trinajstić information content (AvgIpc) is 2.46. The molecule has 0 aliphatic rings. The zero-order chi connectivity index (χ0) is 14.5. The van der Waals surface area contributed by atoms with Crippen molar-refractivity contribution in [2.45, 2.75) is 19.4 Å². The highest BCUT2D eigenvalue weighted by Gasteiger charge is 2.08. The Hall–Kier alpha value is -1.39. The number of rotatable bonds is 5. The summed E-state index contributed by atoms with van der Waals surface area (Å²) in [5.41, 5.74) is 1.19. The van der Waals surface area contributed by atoms with Crippen LogP contribution in [-0.4, -0.2) is 7.05 Å². The Balaban J connectivity index is 2.16. The molecule has 0 saturated heterocycles. The topological polar surface area (TPSA) is 21.3 Å². The van der Waals surface area contributed by atoms with Gasteiger partial charge in [-0.1, -0.05) is 35.0 Å². The number of benzene rings is 2. The Morgan fingerprint density at radius 2 is 1.90 bits per heavy atom. The van der Waals surface area contributed by atoms with E-state index < -0.39 is 0 Å². The summed E-state index contributed by atoms with van der Waals surface area (Å²) in [6.45, 7) is 2.13. The smallest absolute Gasteiger partial charge is 0.165 e. The van der Waals surface area contributed by atoms with Crippen molar-refractivity contribution in [1.29, 1.82) is 0 Å².